The highest BCUT2D eigenvalue weighted by molar-refractivity contribution is 5.85. The molecule has 1 unspecified atom stereocenters. The van der Waals surface area contributed by atoms with Crippen LogP contribution in [0.5, 0.6) is 0 Å². The molecule has 1 atom stereocenters. The molecule has 0 saturated carbocycles. The van der Waals surface area contributed by atoms with Crippen molar-refractivity contribution in [3.63, 3.8) is 0 Å². The zero-order valence-electron chi connectivity index (χ0n) is 18.6. The summed E-state index contributed by atoms with van der Waals surface area (Å²) in [4.78, 5) is 27.8. The van der Waals surface area contributed by atoms with Gasteiger partial charge in [0.05, 0.1) is 24.4 Å². The van der Waals surface area contributed by atoms with Crippen LogP contribution in [-0.2, 0) is 21.4 Å². The predicted molar refractivity (Wildman–Crippen MR) is 120 cm³/mol. The number of fused-ring (bicyclic) bond motifs is 2. The average molecular weight is 421 g/mol. The third-order valence-corrected chi connectivity index (χ3v) is 7.46. The van der Waals surface area contributed by atoms with Crippen LogP contribution < -0.4 is 0 Å². The molecule has 6 nitrogen and oxygen atoms in total. The van der Waals surface area contributed by atoms with Gasteiger partial charge in [-0.25, -0.2) is 9.97 Å². The first-order chi connectivity index (χ1) is 15.0. The number of likely N-dealkylation sites (tertiary alicyclic amines) is 1. The number of aromatic nitrogens is 2. The van der Waals surface area contributed by atoms with Crippen LogP contribution in [-0.4, -0.2) is 70.6 Å². The van der Waals surface area contributed by atoms with E-state index in [1.807, 2.05) is 24.4 Å². The van der Waals surface area contributed by atoms with Crippen molar-refractivity contribution in [3.05, 3.63) is 47.8 Å². The predicted octanol–water partition coefficient (Wildman–Crippen LogP) is 3.06. The van der Waals surface area contributed by atoms with Crippen LogP contribution in [0.15, 0.2) is 36.5 Å². The van der Waals surface area contributed by atoms with Crippen LogP contribution in [0.2, 0.25) is 0 Å². The fourth-order valence-corrected chi connectivity index (χ4v) is 5.61. The van der Waals surface area contributed by atoms with Crippen LogP contribution in [0.4, 0.5) is 0 Å². The monoisotopic (exact) mass is 420 g/mol. The van der Waals surface area contributed by atoms with Gasteiger partial charge in [-0.2, -0.15) is 0 Å². The zero-order valence-corrected chi connectivity index (χ0v) is 18.6. The Morgan fingerprint density at radius 1 is 1.10 bits per heavy atom. The maximum Gasteiger partial charge on any atom is 0.242 e. The minimum absolute atomic E-state index is 0.0448. The van der Waals surface area contributed by atoms with E-state index in [-0.39, 0.29) is 11.3 Å². The van der Waals surface area contributed by atoms with Gasteiger partial charge in [0.1, 0.15) is 0 Å². The molecule has 0 bridgehead atoms. The molecule has 3 aliphatic rings. The van der Waals surface area contributed by atoms with Crippen molar-refractivity contribution < 1.29 is 9.53 Å². The second-order valence-electron chi connectivity index (χ2n) is 9.70. The molecule has 1 aromatic heterocycles. The molecule has 0 N–H and O–H groups in total. The Bertz CT molecular complexity index is 951. The Morgan fingerprint density at radius 2 is 1.87 bits per heavy atom. The van der Waals surface area contributed by atoms with Crippen molar-refractivity contribution >= 4 is 5.91 Å². The van der Waals surface area contributed by atoms with E-state index in [9.17, 15) is 4.79 Å². The van der Waals surface area contributed by atoms with Crippen molar-refractivity contribution in [1.29, 1.82) is 0 Å². The molecule has 2 saturated heterocycles. The molecular formula is C25H32N4O2. The molecule has 2 aliphatic heterocycles. The summed E-state index contributed by atoms with van der Waals surface area (Å²) < 4.78 is 5.50. The van der Waals surface area contributed by atoms with Gasteiger partial charge in [-0.15, -0.1) is 0 Å². The Kier molecular flexibility index (Phi) is 5.30. The number of piperidine rings is 1. The Labute approximate surface area is 184 Å². The average Bonchev–Trinajstić information content (AvgIpc) is 3.16. The van der Waals surface area contributed by atoms with Gasteiger partial charge in [0.2, 0.25) is 5.91 Å². The molecule has 6 heteroatoms. The highest BCUT2D eigenvalue weighted by Gasteiger charge is 2.47. The maximum absolute atomic E-state index is 13.7. The number of morpholine rings is 1. The van der Waals surface area contributed by atoms with E-state index in [4.69, 9.17) is 9.72 Å². The molecule has 0 radical (unpaired) electrons. The van der Waals surface area contributed by atoms with Gasteiger partial charge >= 0.3 is 0 Å². The first kappa shape index (κ1) is 20.6. The minimum Gasteiger partial charge on any atom is -0.379 e. The van der Waals surface area contributed by atoms with E-state index in [0.717, 1.165) is 63.3 Å². The summed E-state index contributed by atoms with van der Waals surface area (Å²) in [6.45, 7) is 8.77. The normalized spacial score (nSPS) is 24.4. The zero-order chi connectivity index (χ0) is 21.5. The number of carbonyl (C=O) groups excluding carboxylic acids is 1. The number of ether oxygens (including phenoxy) is 1. The quantitative estimate of drug-likeness (QED) is 0.764. The molecule has 1 amide bonds. The van der Waals surface area contributed by atoms with Crippen molar-refractivity contribution in [3.8, 4) is 11.4 Å². The van der Waals surface area contributed by atoms with Crippen molar-refractivity contribution in [2.45, 2.75) is 50.5 Å². The standard InChI is InChI=1S/C25H32N4O2/c1-24(2,29-13-15-31-16-14-29)23(30)28-12-6-10-25(18-28)11-9-20-17-26-22(27-21(20)25)19-7-4-3-5-8-19/h3-5,7-8,17H,6,9-16,18H2,1-2H3. The number of carbonyl (C=O) groups is 1. The molecule has 3 heterocycles. The van der Waals surface area contributed by atoms with Crippen LogP contribution in [0, 0.1) is 0 Å². The highest BCUT2D eigenvalue weighted by Crippen LogP contribution is 2.44. The summed E-state index contributed by atoms with van der Waals surface area (Å²) in [6, 6.07) is 10.2. The minimum atomic E-state index is -0.509. The smallest absolute Gasteiger partial charge is 0.242 e. The lowest BCUT2D eigenvalue weighted by molar-refractivity contribution is -0.148. The van der Waals surface area contributed by atoms with E-state index < -0.39 is 5.54 Å². The van der Waals surface area contributed by atoms with Gasteiger partial charge in [0, 0.05) is 43.4 Å². The van der Waals surface area contributed by atoms with E-state index in [1.165, 1.54) is 11.3 Å². The van der Waals surface area contributed by atoms with Crippen molar-refractivity contribution in [1.82, 2.24) is 19.8 Å². The lowest BCUT2D eigenvalue weighted by Gasteiger charge is -2.46. The molecule has 164 valence electrons. The number of hydrogen-bond acceptors (Lipinski definition) is 5. The third-order valence-electron chi connectivity index (χ3n) is 7.46. The molecule has 2 fully saturated rings. The second-order valence-corrected chi connectivity index (χ2v) is 9.70. The number of amides is 1. The van der Waals surface area contributed by atoms with Gasteiger partial charge in [0.25, 0.3) is 0 Å². The summed E-state index contributed by atoms with van der Waals surface area (Å²) in [6.07, 6.45) is 6.18. The fourth-order valence-electron chi connectivity index (χ4n) is 5.61. The van der Waals surface area contributed by atoms with E-state index >= 15 is 0 Å². The van der Waals surface area contributed by atoms with Crippen molar-refractivity contribution in [2.24, 2.45) is 0 Å². The fraction of sp³-hybridized carbons (Fsp3) is 0.560. The lowest BCUT2D eigenvalue weighted by Crippen LogP contribution is -2.61. The lowest BCUT2D eigenvalue weighted by atomic mass is 9.77. The van der Waals surface area contributed by atoms with Gasteiger partial charge in [-0.1, -0.05) is 30.3 Å². The first-order valence-electron chi connectivity index (χ1n) is 11.5. The van der Waals surface area contributed by atoms with Crippen LogP contribution in [0.25, 0.3) is 11.4 Å². The molecule has 31 heavy (non-hydrogen) atoms. The summed E-state index contributed by atoms with van der Waals surface area (Å²) in [5.41, 5.74) is 2.91. The topological polar surface area (TPSA) is 58.6 Å². The summed E-state index contributed by atoms with van der Waals surface area (Å²) in [5, 5.41) is 0. The Hall–Kier alpha value is -2.31. The number of benzene rings is 1. The molecule has 5 rings (SSSR count). The van der Waals surface area contributed by atoms with Crippen LogP contribution in [0.3, 0.4) is 0 Å². The Balaban J connectivity index is 1.41. The van der Waals surface area contributed by atoms with E-state index in [2.05, 4.69) is 40.8 Å². The molecule has 1 aromatic carbocycles. The number of hydrogen-bond donors (Lipinski definition) is 0. The number of aryl methyl sites for hydroxylation is 1. The summed E-state index contributed by atoms with van der Waals surface area (Å²) in [7, 11) is 0. The maximum atomic E-state index is 13.7. The second kappa shape index (κ2) is 7.99. The number of nitrogens with zero attached hydrogens (tertiary/aromatic N) is 4. The third kappa shape index (κ3) is 3.66. The summed E-state index contributed by atoms with van der Waals surface area (Å²) in [5.74, 6) is 1.02. The SMILES string of the molecule is CC(C)(C(=O)N1CCCC2(CCc3cnc(-c4ccccc4)nc32)C1)N1CCOCC1. The van der Waals surface area contributed by atoms with Crippen molar-refractivity contribution in [2.75, 3.05) is 39.4 Å². The van der Waals surface area contributed by atoms with Gasteiger partial charge < -0.3 is 9.64 Å². The summed E-state index contributed by atoms with van der Waals surface area (Å²) >= 11 is 0. The van der Waals surface area contributed by atoms with E-state index in [1.54, 1.807) is 0 Å². The van der Waals surface area contributed by atoms with Gasteiger partial charge in [-0.3, -0.25) is 9.69 Å². The molecular weight excluding hydrogens is 388 g/mol. The number of rotatable bonds is 3. The van der Waals surface area contributed by atoms with Crippen LogP contribution in [0.1, 0.15) is 44.4 Å². The largest absolute Gasteiger partial charge is 0.379 e. The van der Waals surface area contributed by atoms with E-state index in [0.29, 0.717) is 13.2 Å². The first-order valence-corrected chi connectivity index (χ1v) is 11.5. The van der Waals surface area contributed by atoms with Gasteiger partial charge in [0.15, 0.2) is 5.82 Å². The Morgan fingerprint density at radius 3 is 2.65 bits per heavy atom. The van der Waals surface area contributed by atoms with Gasteiger partial charge in [-0.05, 0) is 45.1 Å². The van der Waals surface area contributed by atoms with Crippen LogP contribution >= 0.6 is 0 Å². The highest BCUT2D eigenvalue weighted by atomic mass is 16.5. The molecule has 1 spiro atoms. The molecule has 2 aromatic rings. The molecule has 1 aliphatic carbocycles.